The van der Waals surface area contributed by atoms with Crippen LogP contribution in [0, 0.1) is 19.7 Å². The molecular weight excluding hydrogens is 291 g/mol. The van der Waals surface area contributed by atoms with Gasteiger partial charge in [-0.3, -0.25) is 0 Å². The third-order valence-electron chi connectivity index (χ3n) is 4.62. The van der Waals surface area contributed by atoms with Crippen LogP contribution in [-0.4, -0.2) is 17.5 Å². The number of likely N-dealkylation sites (tertiary alicyclic amines) is 1. The lowest BCUT2D eigenvalue weighted by atomic mass is 10.0. The molecule has 2 amide bonds. The predicted molar refractivity (Wildman–Crippen MR) is 90.0 cm³/mol. The third kappa shape index (κ3) is 3.07. The van der Waals surface area contributed by atoms with E-state index in [2.05, 4.69) is 5.32 Å². The number of carbonyl (C=O) groups excluding carboxylic acids is 1. The van der Waals surface area contributed by atoms with Crippen molar-refractivity contribution in [3.05, 3.63) is 65.0 Å². The number of nitrogens with zero attached hydrogens (tertiary/aromatic N) is 1. The van der Waals surface area contributed by atoms with Gasteiger partial charge in [-0.1, -0.05) is 30.3 Å². The molecule has 1 N–H and O–H groups in total. The van der Waals surface area contributed by atoms with E-state index in [4.69, 9.17) is 0 Å². The highest BCUT2D eigenvalue weighted by Crippen LogP contribution is 2.34. The lowest BCUT2D eigenvalue weighted by Gasteiger charge is -2.26. The second-order valence-corrected chi connectivity index (χ2v) is 6.05. The quantitative estimate of drug-likeness (QED) is 0.848. The van der Waals surface area contributed by atoms with E-state index in [0.29, 0.717) is 12.1 Å². The van der Waals surface area contributed by atoms with Crippen molar-refractivity contribution >= 4 is 11.7 Å². The van der Waals surface area contributed by atoms with E-state index in [0.717, 1.165) is 29.7 Å². The van der Waals surface area contributed by atoms with Crippen LogP contribution in [0.2, 0.25) is 0 Å². The first-order chi connectivity index (χ1) is 11.1. The predicted octanol–water partition coefficient (Wildman–Crippen LogP) is 4.81. The Morgan fingerprint density at radius 2 is 1.96 bits per heavy atom. The molecule has 1 unspecified atom stereocenters. The van der Waals surface area contributed by atoms with Gasteiger partial charge in [-0.2, -0.15) is 0 Å². The molecule has 3 rings (SSSR count). The summed E-state index contributed by atoms with van der Waals surface area (Å²) in [5.74, 6) is -0.246. The maximum Gasteiger partial charge on any atom is 0.322 e. The molecule has 0 saturated carbocycles. The maximum absolute atomic E-state index is 14.1. The number of amides is 2. The molecule has 2 aromatic carbocycles. The van der Waals surface area contributed by atoms with E-state index in [1.807, 2.05) is 38.1 Å². The molecule has 1 fully saturated rings. The monoisotopic (exact) mass is 312 g/mol. The highest BCUT2D eigenvalue weighted by molar-refractivity contribution is 5.90. The van der Waals surface area contributed by atoms with Gasteiger partial charge in [0.25, 0.3) is 0 Å². The number of benzene rings is 2. The fraction of sp³-hybridized carbons (Fsp3) is 0.316. The van der Waals surface area contributed by atoms with Crippen LogP contribution < -0.4 is 5.32 Å². The second kappa shape index (κ2) is 6.41. The fourth-order valence-corrected chi connectivity index (χ4v) is 3.15. The maximum atomic E-state index is 14.1. The molecular formula is C19H21FN2O. The third-order valence-corrected chi connectivity index (χ3v) is 4.62. The summed E-state index contributed by atoms with van der Waals surface area (Å²) in [7, 11) is 0. The van der Waals surface area contributed by atoms with E-state index < -0.39 is 0 Å². The molecule has 0 aliphatic carbocycles. The summed E-state index contributed by atoms with van der Waals surface area (Å²) in [4.78, 5) is 14.4. The summed E-state index contributed by atoms with van der Waals surface area (Å²) in [5.41, 5.74) is 3.60. The van der Waals surface area contributed by atoms with Crippen LogP contribution in [0.4, 0.5) is 14.9 Å². The minimum Gasteiger partial charge on any atom is -0.317 e. The van der Waals surface area contributed by atoms with Crippen molar-refractivity contribution in [1.29, 1.82) is 0 Å². The van der Waals surface area contributed by atoms with Crippen LogP contribution in [0.1, 0.15) is 35.6 Å². The number of carbonyl (C=O) groups is 1. The van der Waals surface area contributed by atoms with Crippen LogP contribution >= 0.6 is 0 Å². The van der Waals surface area contributed by atoms with Gasteiger partial charge in [-0.25, -0.2) is 9.18 Å². The van der Waals surface area contributed by atoms with Crippen LogP contribution in [0.5, 0.6) is 0 Å². The average molecular weight is 312 g/mol. The zero-order chi connectivity index (χ0) is 16.4. The number of anilines is 1. The molecule has 23 heavy (non-hydrogen) atoms. The van der Waals surface area contributed by atoms with E-state index >= 15 is 0 Å². The number of rotatable bonds is 2. The Bertz CT molecular complexity index is 729. The fourth-order valence-electron chi connectivity index (χ4n) is 3.15. The van der Waals surface area contributed by atoms with Gasteiger partial charge >= 0.3 is 6.03 Å². The summed E-state index contributed by atoms with van der Waals surface area (Å²) in [6.45, 7) is 4.65. The van der Waals surface area contributed by atoms with Gasteiger partial charge in [0, 0.05) is 17.8 Å². The number of hydrogen-bond acceptors (Lipinski definition) is 1. The minimum absolute atomic E-state index is 0.163. The van der Waals surface area contributed by atoms with E-state index in [-0.39, 0.29) is 17.9 Å². The summed E-state index contributed by atoms with van der Waals surface area (Å²) in [5, 5.41) is 2.98. The lowest BCUT2D eigenvalue weighted by Crippen LogP contribution is -2.35. The Labute approximate surface area is 136 Å². The SMILES string of the molecule is Cc1cccc(NC(=O)N2CCCC2c2ccccc2F)c1C. The Morgan fingerprint density at radius 1 is 1.17 bits per heavy atom. The minimum atomic E-state index is -0.246. The summed E-state index contributed by atoms with van der Waals surface area (Å²) in [6, 6.07) is 12.2. The summed E-state index contributed by atoms with van der Waals surface area (Å²) < 4.78 is 14.1. The second-order valence-electron chi connectivity index (χ2n) is 6.05. The molecule has 1 aliphatic heterocycles. The molecule has 1 saturated heterocycles. The number of nitrogens with one attached hydrogen (secondary N) is 1. The first-order valence-corrected chi connectivity index (χ1v) is 7.96. The Balaban J connectivity index is 1.81. The van der Waals surface area contributed by atoms with Crippen molar-refractivity contribution in [2.75, 3.05) is 11.9 Å². The molecule has 0 radical (unpaired) electrons. The standard InChI is InChI=1S/C19H21FN2O/c1-13-7-5-10-17(14(13)2)21-19(23)22-12-6-11-18(22)15-8-3-4-9-16(15)20/h3-5,7-10,18H,6,11-12H2,1-2H3,(H,21,23). The van der Waals surface area contributed by atoms with Gasteiger partial charge in [0.05, 0.1) is 6.04 Å². The van der Waals surface area contributed by atoms with Gasteiger partial charge in [0.2, 0.25) is 0 Å². The smallest absolute Gasteiger partial charge is 0.317 e. The molecule has 120 valence electrons. The number of hydrogen-bond donors (Lipinski definition) is 1. The van der Waals surface area contributed by atoms with Crippen LogP contribution in [-0.2, 0) is 0 Å². The van der Waals surface area contributed by atoms with Crippen LogP contribution in [0.15, 0.2) is 42.5 Å². The van der Waals surface area contributed by atoms with Crippen molar-refractivity contribution in [2.45, 2.75) is 32.7 Å². The molecule has 3 nitrogen and oxygen atoms in total. The zero-order valence-corrected chi connectivity index (χ0v) is 13.5. The summed E-state index contributed by atoms with van der Waals surface area (Å²) >= 11 is 0. The Hall–Kier alpha value is -2.36. The first-order valence-electron chi connectivity index (χ1n) is 7.96. The van der Waals surface area contributed by atoms with Gasteiger partial charge in [-0.05, 0) is 49.9 Å². The van der Waals surface area contributed by atoms with Crippen molar-refractivity contribution in [3.8, 4) is 0 Å². The highest BCUT2D eigenvalue weighted by atomic mass is 19.1. The largest absolute Gasteiger partial charge is 0.322 e. The van der Waals surface area contributed by atoms with E-state index in [1.54, 1.807) is 17.0 Å². The van der Waals surface area contributed by atoms with E-state index in [1.165, 1.54) is 6.07 Å². The highest BCUT2D eigenvalue weighted by Gasteiger charge is 2.31. The van der Waals surface area contributed by atoms with Crippen molar-refractivity contribution in [2.24, 2.45) is 0 Å². The van der Waals surface area contributed by atoms with E-state index in [9.17, 15) is 9.18 Å². The summed E-state index contributed by atoms with van der Waals surface area (Å²) in [6.07, 6.45) is 1.68. The van der Waals surface area contributed by atoms with Gasteiger partial charge in [0.15, 0.2) is 0 Å². The van der Waals surface area contributed by atoms with Crippen LogP contribution in [0.25, 0.3) is 0 Å². The van der Waals surface area contributed by atoms with Gasteiger partial charge in [-0.15, -0.1) is 0 Å². The normalized spacial score (nSPS) is 17.3. The first kappa shape index (κ1) is 15.5. The number of aryl methyl sites for hydroxylation is 1. The molecule has 2 aromatic rings. The Kier molecular flexibility index (Phi) is 4.33. The zero-order valence-electron chi connectivity index (χ0n) is 13.5. The molecule has 0 bridgehead atoms. The average Bonchev–Trinajstić information content (AvgIpc) is 3.02. The van der Waals surface area contributed by atoms with Crippen molar-refractivity contribution in [3.63, 3.8) is 0 Å². The van der Waals surface area contributed by atoms with Crippen molar-refractivity contribution < 1.29 is 9.18 Å². The molecule has 4 heteroatoms. The topological polar surface area (TPSA) is 32.3 Å². The Morgan fingerprint density at radius 3 is 2.74 bits per heavy atom. The number of halogens is 1. The lowest BCUT2D eigenvalue weighted by molar-refractivity contribution is 0.206. The van der Waals surface area contributed by atoms with Crippen molar-refractivity contribution in [1.82, 2.24) is 4.90 Å². The molecule has 1 heterocycles. The molecule has 0 spiro atoms. The number of urea groups is 1. The molecule has 1 atom stereocenters. The molecule has 1 aliphatic rings. The van der Waals surface area contributed by atoms with Gasteiger partial charge in [0.1, 0.15) is 5.82 Å². The molecule has 0 aromatic heterocycles. The van der Waals surface area contributed by atoms with Crippen LogP contribution in [0.3, 0.4) is 0 Å². The van der Waals surface area contributed by atoms with Gasteiger partial charge < -0.3 is 10.2 Å².